The third-order valence-electron chi connectivity index (χ3n) is 5.01. The van der Waals surface area contributed by atoms with Gasteiger partial charge in [-0.25, -0.2) is 14.8 Å². The van der Waals surface area contributed by atoms with Gasteiger partial charge in [-0.2, -0.15) is 0 Å². The molecular weight excluding hydrogens is 306 g/mol. The lowest BCUT2D eigenvalue weighted by molar-refractivity contribution is -0.124. The third-order valence-corrected chi connectivity index (χ3v) is 5.01. The standard InChI is InChI=1S/C17H25N5O2/c1-17(7-2-3-15(23)21-17)11-19-16(24)22-9-5-13(6-10-22)14-4-8-18-12-20-14/h4,8,12-13H,2-3,5-7,9-11H2,1H3,(H,19,24)(H,21,23). The molecule has 2 saturated heterocycles. The van der Waals surface area contributed by atoms with E-state index in [0.29, 0.717) is 18.9 Å². The number of urea groups is 1. The second-order valence-electron chi connectivity index (χ2n) is 7.02. The molecule has 1 atom stereocenters. The highest BCUT2D eigenvalue weighted by Gasteiger charge is 2.31. The van der Waals surface area contributed by atoms with Gasteiger partial charge in [0.05, 0.1) is 5.54 Å². The first-order valence-electron chi connectivity index (χ1n) is 8.65. The molecule has 2 N–H and O–H groups in total. The maximum absolute atomic E-state index is 12.4. The van der Waals surface area contributed by atoms with Gasteiger partial charge in [-0.3, -0.25) is 4.79 Å². The first-order valence-corrected chi connectivity index (χ1v) is 8.65. The number of likely N-dealkylation sites (tertiary alicyclic amines) is 1. The molecule has 2 aliphatic heterocycles. The Balaban J connectivity index is 1.46. The summed E-state index contributed by atoms with van der Waals surface area (Å²) >= 11 is 0. The number of aromatic nitrogens is 2. The van der Waals surface area contributed by atoms with E-state index in [1.165, 1.54) is 0 Å². The molecule has 3 heterocycles. The van der Waals surface area contributed by atoms with Crippen LogP contribution in [0.3, 0.4) is 0 Å². The fourth-order valence-electron chi connectivity index (χ4n) is 3.54. The largest absolute Gasteiger partial charge is 0.349 e. The Bertz CT molecular complexity index is 586. The van der Waals surface area contributed by atoms with Gasteiger partial charge >= 0.3 is 6.03 Å². The van der Waals surface area contributed by atoms with E-state index in [0.717, 1.165) is 44.5 Å². The van der Waals surface area contributed by atoms with Crippen LogP contribution in [-0.4, -0.2) is 52.0 Å². The predicted molar refractivity (Wildman–Crippen MR) is 89.4 cm³/mol. The molecule has 1 aromatic heterocycles. The van der Waals surface area contributed by atoms with Crippen molar-refractivity contribution in [3.8, 4) is 0 Å². The molecule has 2 fully saturated rings. The lowest BCUT2D eigenvalue weighted by Gasteiger charge is -2.36. The van der Waals surface area contributed by atoms with Crippen molar-refractivity contribution in [2.45, 2.75) is 50.5 Å². The normalized spacial score (nSPS) is 25.2. The van der Waals surface area contributed by atoms with Crippen LogP contribution in [-0.2, 0) is 4.79 Å². The molecule has 0 radical (unpaired) electrons. The Morgan fingerprint density at radius 1 is 1.46 bits per heavy atom. The molecule has 1 aromatic rings. The van der Waals surface area contributed by atoms with E-state index in [1.807, 2.05) is 17.9 Å². The molecule has 3 rings (SSSR count). The van der Waals surface area contributed by atoms with Crippen LogP contribution in [0.25, 0.3) is 0 Å². The van der Waals surface area contributed by atoms with Crippen molar-refractivity contribution in [1.82, 2.24) is 25.5 Å². The minimum absolute atomic E-state index is 0.0443. The number of piperidine rings is 2. The highest BCUT2D eigenvalue weighted by molar-refractivity contribution is 5.78. The van der Waals surface area contributed by atoms with Crippen LogP contribution in [0.1, 0.15) is 50.6 Å². The summed E-state index contributed by atoms with van der Waals surface area (Å²) in [5.41, 5.74) is 0.729. The molecule has 24 heavy (non-hydrogen) atoms. The van der Waals surface area contributed by atoms with Crippen molar-refractivity contribution in [3.63, 3.8) is 0 Å². The average molecular weight is 331 g/mol. The number of amides is 3. The highest BCUT2D eigenvalue weighted by atomic mass is 16.2. The van der Waals surface area contributed by atoms with Crippen LogP contribution in [0.5, 0.6) is 0 Å². The fourth-order valence-corrected chi connectivity index (χ4v) is 3.54. The maximum atomic E-state index is 12.4. The molecule has 0 aromatic carbocycles. The maximum Gasteiger partial charge on any atom is 0.317 e. The topological polar surface area (TPSA) is 87.2 Å². The molecular formula is C17H25N5O2. The van der Waals surface area contributed by atoms with Crippen molar-refractivity contribution in [2.75, 3.05) is 19.6 Å². The quantitative estimate of drug-likeness (QED) is 0.877. The van der Waals surface area contributed by atoms with E-state index in [-0.39, 0.29) is 17.5 Å². The van der Waals surface area contributed by atoms with Gasteiger partial charge in [0, 0.05) is 43.9 Å². The molecule has 1 unspecified atom stereocenters. The molecule has 3 amide bonds. The predicted octanol–water partition coefficient (Wildman–Crippen LogP) is 1.42. The van der Waals surface area contributed by atoms with Gasteiger partial charge in [0.1, 0.15) is 6.33 Å². The number of nitrogens with zero attached hydrogens (tertiary/aromatic N) is 3. The second kappa shape index (κ2) is 7.15. The van der Waals surface area contributed by atoms with E-state index in [2.05, 4.69) is 20.6 Å². The molecule has 130 valence electrons. The van der Waals surface area contributed by atoms with Crippen LogP contribution >= 0.6 is 0 Å². The van der Waals surface area contributed by atoms with Gasteiger partial charge in [-0.1, -0.05) is 0 Å². The van der Waals surface area contributed by atoms with E-state index >= 15 is 0 Å². The summed E-state index contributed by atoms with van der Waals surface area (Å²) in [6.45, 7) is 3.92. The van der Waals surface area contributed by atoms with Gasteiger partial charge in [-0.05, 0) is 38.7 Å². The number of nitrogens with one attached hydrogen (secondary N) is 2. The zero-order chi connectivity index (χ0) is 17.0. The lowest BCUT2D eigenvalue weighted by atomic mass is 9.90. The summed E-state index contributed by atoms with van der Waals surface area (Å²) in [6.07, 6.45) is 7.53. The zero-order valence-corrected chi connectivity index (χ0v) is 14.1. The van der Waals surface area contributed by atoms with Crippen molar-refractivity contribution in [1.29, 1.82) is 0 Å². The summed E-state index contributed by atoms with van der Waals surface area (Å²) in [5.74, 6) is 0.468. The highest BCUT2D eigenvalue weighted by Crippen LogP contribution is 2.26. The Morgan fingerprint density at radius 2 is 2.25 bits per heavy atom. The van der Waals surface area contributed by atoms with Crippen molar-refractivity contribution < 1.29 is 9.59 Å². The summed E-state index contributed by atoms with van der Waals surface area (Å²) < 4.78 is 0. The number of carbonyl (C=O) groups excluding carboxylic acids is 2. The second-order valence-corrected chi connectivity index (χ2v) is 7.02. The fraction of sp³-hybridized carbons (Fsp3) is 0.647. The van der Waals surface area contributed by atoms with Crippen molar-refractivity contribution in [3.05, 3.63) is 24.3 Å². The molecule has 7 heteroatoms. The van der Waals surface area contributed by atoms with Gasteiger partial charge in [0.25, 0.3) is 0 Å². The summed E-state index contributed by atoms with van der Waals surface area (Å²) in [7, 11) is 0. The monoisotopic (exact) mass is 331 g/mol. The average Bonchev–Trinajstić information content (AvgIpc) is 2.60. The van der Waals surface area contributed by atoms with Crippen molar-refractivity contribution >= 4 is 11.9 Å². The SMILES string of the molecule is CC1(CNC(=O)N2CCC(c3ccncn3)CC2)CCCC(=O)N1. The van der Waals surface area contributed by atoms with Gasteiger partial charge < -0.3 is 15.5 Å². The number of hydrogen-bond donors (Lipinski definition) is 2. The van der Waals surface area contributed by atoms with E-state index in [9.17, 15) is 9.59 Å². The van der Waals surface area contributed by atoms with E-state index in [1.54, 1.807) is 12.5 Å². The van der Waals surface area contributed by atoms with E-state index < -0.39 is 0 Å². The smallest absolute Gasteiger partial charge is 0.317 e. The Morgan fingerprint density at radius 3 is 2.92 bits per heavy atom. The van der Waals surface area contributed by atoms with Crippen LogP contribution in [0.4, 0.5) is 4.79 Å². The molecule has 0 bridgehead atoms. The molecule has 0 spiro atoms. The first-order chi connectivity index (χ1) is 11.6. The summed E-state index contributed by atoms with van der Waals surface area (Å²) in [6, 6.07) is 1.91. The minimum Gasteiger partial charge on any atom is -0.349 e. The third kappa shape index (κ3) is 4.01. The van der Waals surface area contributed by atoms with Crippen LogP contribution in [0, 0.1) is 0 Å². The Labute approximate surface area is 142 Å². The molecule has 7 nitrogen and oxygen atoms in total. The van der Waals surface area contributed by atoms with Crippen LogP contribution in [0.15, 0.2) is 18.6 Å². The van der Waals surface area contributed by atoms with Crippen molar-refractivity contribution in [2.24, 2.45) is 0 Å². The molecule has 0 saturated carbocycles. The zero-order valence-electron chi connectivity index (χ0n) is 14.1. The molecule has 0 aliphatic carbocycles. The van der Waals surface area contributed by atoms with Gasteiger partial charge in [-0.15, -0.1) is 0 Å². The van der Waals surface area contributed by atoms with Crippen LogP contribution in [0.2, 0.25) is 0 Å². The minimum atomic E-state index is -0.329. The lowest BCUT2D eigenvalue weighted by Crippen LogP contribution is -2.57. The summed E-state index contributed by atoms with van der Waals surface area (Å²) in [4.78, 5) is 34.1. The molecule has 2 aliphatic rings. The number of hydrogen-bond acceptors (Lipinski definition) is 4. The van der Waals surface area contributed by atoms with Crippen LogP contribution < -0.4 is 10.6 Å². The summed E-state index contributed by atoms with van der Waals surface area (Å²) in [5, 5.41) is 5.98. The number of carbonyl (C=O) groups is 2. The van der Waals surface area contributed by atoms with Gasteiger partial charge in [0.15, 0.2) is 0 Å². The Hall–Kier alpha value is -2.18. The number of rotatable bonds is 3. The van der Waals surface area contributed by atoms with E-state index in [4.69, 9.17) is 0 Å². The Kier molecular flexibility index (Phi) is 4.97. The first kappa shape index (κ1) is 16.7. The van der Waals surface area contributed by atoms with Gasteiger partial charge in [0.2, 0.25) is 5.91 Å².